The lowest BCUT2D eigenvalue weighted by Crippen LogP contribution is -2.39. The molecule has 1 amide bonds. The zero-order valence-corrected chi connectivity index (χ0v) is 20.2. The second-order valence-electron chi connectivity index (χ2n) is 8.46. The van der Waals surface area contributed by atoms with Gasteiger partial charge in [0.05, 0.1) is 37.4 Å². The Morgan fingerprint density at radius 2 is 1.81 bits per heavy atom. The van der Waals surface area contributed by atoms with Crippen LogP contribution in [0.2, 0.25) is 0 Å². The molecule has 3 aromatic rings. The maximum Gasteiger partial charge on any atom is 0.393 e. The maximum absolute atomic E-state index is 13.4. The van der Waals surface area contributed by atoms with Crippen LogP contribution in [0.15, 0.2) is 42.6 Å². The predicted molar refractivity (Wildman–Crippen MR) is 129 cm³/mol. The molecule has 36 heavy (non-hydrogen) atoms. The summed E-state index contributed by atoms with van der Waals surface area (Å²) in [7, 11) is -2.20. The Hall–Kier alpha value is -3.67. The van der Waals surface area contributed by atoms with Gasteiger partial charge in [0.2, 0.25) is 15.9 Å². The zero-order chi connectivity index (χ0) is 26.3. The van der Waals surface area contributed by atoms with Crippen LogP contribution in [0.4, 0.5) is 24.5 Å². The van der Waals surface area contributed by atoms with E-state index in [9.17, 15) is 31.2 Å². The first-order valence-corrected chi connectivity index (χ1v) is 12.7. The van der Waals surface area contributed by atoms with Gasteiger partial charge in [0.25, 0.3) is 0 Å². The molecule has 1 aliphatic rings. The fourth-order valence-corrected chi connectivity index (χ4v) is 4.74. The van der Waals surface area contributed by atoms with Crippen LogP contribution in [0.5, 0.6) is 5.75 Å². The summed E-state index contributed by atoms with van der Waals surface area (Å²) in [4.78, 5) is 30.1. The molecule has 2 heterocycles. The number of rotatable bonds is 6. The molecular weight excluding hydrogens is 499 g/mol. The fourth-order valence-electron chi connectivity index (χ4n) is 4.18. The molecule has 1 aromatic heterocycles. The van der Waals surface area contributed by atoms with Crippen molar-refractivity contribution >= 4 is 44.0 Å². The quantitative estimate of drug-likeness (QED) is 0.490. The van der Waals surface area contributed by atoms with Crippen molar-refractivity contribution in [3.8, 4) is 16.9 Å². The zero-order valence-electron chi connectivity index (χ0n) is 19.3. The van der Waals surface area contributed by atoms with Gasteiger partial charge in [0.15, 0.2) is 0 Å². The molecule has 12 heteroatoms. The second kappa shape index (κ2) is 9.41. The molecule has 0 unspecified atom stereocenters. The number of hydrogen-bond acceptors (Lipinski definition) is 6. The Labute approximate surface area is 205 Å². The molecule has 0 bridgehead atoms. The third-order valence-electron chi connectivity index (χ3n) is 5.65. The number of nitrogens with zero attached hydrogens (tertiary/aromatic N) is 2. The number of ketones is 1. The summed E-state index contributed by atoms with van der Waals surface area (Å²) in [5.41, 5.74) is 1.81. The number of benzene rings is 2. The van der Waals surface area contributed by atoms with Gasteiger partial charge in [-0.1, -0.05) is 12.1 Å². The molecule has 8 nitrogen and oxygen atoms in total. The van der Waals surface area contributed by atoms with Crippen LogP contribution in [-0.4, -0.2) is 51.2 Å². The first-order valence-electron chi connectivity index (χ1n) is 10.8. The van der Waals surface area contributed by atoms with Gasteiger partial charge in [-0.2, -0.15) is 13.2 Å². The highest BCUT2D eigenvalue weighted by Gasteiger charge is 2.33. The molecule has 2 aromatic carbocycles. The molecule has 0 atom stereocenters. The number of methoxy groups -OCH3 is 1. The number of hydrogen-bond donors (Lipinski definition) is 1. The van der Waals surface area contributed by atoms with Gasteiger partial charge in [-0.3, -0.25) is 19.3 Å². The van der Waals surface area contributed by atoms with Crippen molar-refractivity contribution in [2.24, 2.45) is 0 Å². The summed E-state index contributed by atoms with van der Waals surface area (Å²) in [5.74, 6) is -0.750. The molecular formula is C24H22F3N3O5S. The largest absolute Gasteiger partial charge is 0.496 e. The Kier molecular flexibility index (Phi) is 6.65. The number of carbonyl (C=O) groups excluding carboxylic acids is 2. The number of Topliss-reactive ketones (excluding diaryl/α,β-unsaturated/α-hetero) is 1. The average Bonchev–Trinajstić information content (AvgIpc) is 2.77. The van der Waals surface area contributed by atoms with Crippen molar-refractivity contribution in [2.45, 2.75) is 25.4 Å². The number of amides is 1. The van der Waals surface area contributed by atoms with E-state index >= 15 is 0 Å². The Bertz CT molecular complexity index is 1450. The summed E-state index contributed by atoms with van der Waals surface area (Å²) in [6, 6.07) is 9.25. The minimum atomic E-state index is -4.53. The minimum absolute atomic E-state index is 0.0173. The van der Waals surface area contributed by atoms with Crippen LogP contribution in [-0.2, 0) is 26.0 Å². The number of fused-ring (bicyclic) bond motifs is 1. The molecule has 0 aliphatic carbocycles. The number of piperidine rings is 1. The number of anilines is 2. The molecule has 1 saturated heterocycles. The summed E-state index contributed by atoms with van der Waals surface area (Å²) in [6.45, 7) is 0.0444. The van der Waals surface area contributed by atoms with Crippen molar-refractivity contribution in [2.75, 3.05) is 29.5 Å². The average molecular weight is 522 g/mol. The van der Waals surface area contributed by atoms with E-state index in [1.54, 1.807) is 30.3 Å². The third kappa shape index (κ3) is 5.59. The number of sulfonamides is 1. The van der Waals surface area contributed by atoms with Crippen LogP contribution in [0.1, 0.15) is 18.4 Å². The lowest BCUT2D eigenvalue weighted by molar-refractivity contribution is -0.129. The molecule has 0 radical (unpaired) electrons. The van der Waals surface area contributed by atoms with E-state index in [1.165, 1.54) is 24.3 Å². The molecule has 1 fully saturated rings. The SMILES string of the molecule is COc1c(CC(F)(F)F)cc(N2CCC(=O)CC2=O)c2ncc(-c3ccc(NS(C)(=O)=O)cc3)cc12. The second-order valence-corrected chi connectivity index (χ2v) is 10.2. The van der Waals surface area contributed by atoms with Gasteiger partial charge < -0.3 is 9.64 Å². The van der Waals surface area contributed by atoms with Crippen LogP contribution in [0.3, 0.4) is 0 Å². The van der Waals surface area contributed by atoms with Gasteiger partial charge in [0, 0.05) is 41.4 Å². The van der Waals surface area contributed by atoms with Crippen molar-refractivity contribution < 1.29 is 35.9 Å². The molecule has 1 aliphatic heterocycles. The fraction of sp³-hybridized carbons (Fsp3) is 0.292. The van der Waals surface area contributed by atoms with Gasteiger partial charge >= 0.3 is 6.18 Å². The highest BCUT2D eigenvalue weighted by molar-refractivity contribution is 7.92. The van der Waals surface area contributed by atoms with Crippen molar-refractivity contribution in [1.29, 1.82) is 0 Å². The Morgan fingerprint density at radius 3 is 2.39 bits per heavy atom. The van der Waals surface area contributed by atoms with Crippen molar-refractivity contribution in [3.05, 3.63) is 48.2 Å². The van der Waals surface area contributed by atoms with Crippen LogP contribution < -0.4 is 14.4 Å². The third-order valence-corrected chi connectivity index (χ3v) is 6.26. The Balaban J connectivity index is 1.87. The van der Waals surface area contributed by atoms with Crippen LogP contribution in [0.25, 0.3) is 22.0 Å². The number of nitrogens with one attached hydrogen (secondary N) is 1. The number of carbonyl (C=O) groups is 2. The van der Waals surface area contributed by atoms with Crippen molar-refractivity contribution in [3.63, 3.8) is 0 Å². The molecule has 0 spiro atoms. The van der Waals surface area contributed by atoms with Crippen LogP contribution in [0, 0.1) is 0 Å². The highest BCUT2D eigenvalue weighted by atomic mass is 32.2. The van der Waals surface area contributed by atoms with E-state index in [2.05, 4.69) is 9.71 Å². The standard InChI is InChI=1S/C24H22F3N3O5S/c1-35-23-15(12-24(25,26)27)10-20(30-8-7-18(31)11-21(30)32)22-19(23)9-16(13-28-22)14-3-5-17(6-4-14)29-36(2,33)34/h3-6,9-10,13,29H,7-8,11-12H2,1-2H3. The highest BCUT2D eigenvalue weighted by Crippen LogP contribution is 2.41. The number of aromatic nitrogens is 1. The summed E-state index contributed by atoms with van der Waals surface area (Å²) < 4.78 is 70.9. The first-order chi connectivity index (χ1) is 16.8. The summed E-state index contributed by atoms with van der Waals surface area (Å²) >= 11 is 0. The first kappa shape index (κ1) is 25.4. The summed E-state index contributed by atoms with van der Waals surface area (Å²) in [5, 5.41) is 0.273. The molecule has 4 rings (SSSR count). The van der Waals surface area contributed by atoms with E-state index in [1.807, 2.05) is 0 Å². The van der Waals surface area contributed by atoms with E-state index < -0.39 is 28.5 Å². The smallest absolute Gasteiger partial charge is 0.393 e. The maximum atomic E-state index is 13.4. The van der Waals surface area contributed by atoms with Gasteiger partial charge in [-0.05, 0) is 29.8 Å². The van der Waals surface area contributed by atoms with E-state index in [0.717, 1.165) is 6.26 Å². The molecule has 190 valence electrons. The predicted octanol–water partition coefficient (Wildman–Crippen LogP) is 4.08. The number of alkyl halides is 3. The van der Waals surface area contributed by atoms with E-state index in [0.29, 0.717) is 16.8 Å². The Morgan fingerprint density at radius 1 is 1.11 bits per heavy atom. The number of pyridine rings is 1. The number of ether oxygens (including phenoxy) is 1. The monoisotopic (exact) mass is 521 g/mol. The van der Waals surface area contributed by atoms with Crippen LogP contribution >= 0.6 is 0 Å². The molecule has 0 saturated carbocycles. The van der Waals surface area contributed by atoms with Gasteiger partial charge in [-0.25, -0.2) is 8.42 Å². The molecule has 1 N–H and O–H groups in total. The lowest BCUT2D eigenvalue weighted by atomic mass is 9.99. The normalized spacial score (nSPS) is 14.9. The van der Waals surface area contributed by atoms with E-state index in [4.69, 9.17) is 4.74 Å². The minimum Gasteiger partial charge on any atom is -0.496 e. The summed E-state index contributed by atoms with van der Waals surface area (Å²) in [6.07, 6.45) is -3.51. The van der Waals surface area contributed by atoms with Gasteiger partial charge in [-0.15, -0.1) is 0 Å². The van der Waals surface area contributed by atoms with Crippen molar-refractivity contribution in [1.82, 2.24) is 4.98 Å². The topological polar surface area (TPSA) is 106 Å². The lowest BCUT2D eigenvalue weighted by Gasteiger charge is -2.28. The van der Waals surface area contributed by atoms with Gasteiger partial charge in [0.1, 0.15) is 11.5 Å². The number of halogens is 3. The van der Waals surface area contributed by atoms with E-state index in [-0.39, 0.29) is 53.1 Å².